The van der Waals surface area contributed by atoms with Crippen LogP contribution in [0.2, 0.25) is 10.0 Å². The molecule has 0 aliphatic carbocycles. The fraction of sp³-hybridized carbons (Fsp3) is 0.222. The summed E-state index contributed by atoms with van der Waals surface area (Å²) >= 11 is 11.3. The molecule has 3 aromatic rings. The minimum absolute atomic E-state index is 0.185. The van der Waals surface area contributed by atoms with E-state index in [-0.39, 0.29) is 17.7 Å². The van der Waals surface area contributed by atoms with Gasteiger partial charge in [0.2, 0.25) is 10.0 Å². The summed E-state index contributed by atoms with van der Waals surface area (Å²) in [5.74, 6) is 0. The third-order valence-electron chi connectivity index (χ3n) is 4.39. The summed E-state index contributed by atoms with van der Waals surface area (Å²) in [6, 6.07) is 4.44. The van der Waals surface area contributed by atoms with Crippen LogP contribution in [0, 0.1) is 0 Å². The second kappa shape index (κ2) is 8.19. The monoisotopic (exact) mass is 504 g/mol. The number of H-pyrrole nitrogens is 1. The van der Waals surface area contributed by atoms with Crippen molar-refractivity contribution < 1.29 is 34.8 Å². The Morgan fingerprint density at radius 3 is 2.13 bits per heavy atom. The summed E-state index contributed by atoms with van der Waals surface area (Å²) in [6.07, 6.45) is -9.36. The molecule has 0 saturated carbocycles. The molecule has 0 bridgehead atoms. The number of rotatable bonds is 5. The van der Waals surface area contributed by atoms with E-state index in [0.29, 0.717) is 10.9 Å². The van der Waals surface area contributed by atoms with Crippen LogP contribution in [-0.4, -0.2) is 25.6 Å². The highest BCUT2D eigenvalue weighted by atomic mass is 35.5. The lowest BCUT2D eigenvalue weighted by Gasteiger charge is -2.22. The molecule has 13 heteroatoms. The third kappa shape index (κ3) is 5.11. The highest BCUT2D eigenvalue weighted by Crippen LogP contribution is 2.38. The maximum atomic E-state index is 13.6. The van der Waals surface area contributed by atoms with Gasteiger partial charge < -0.3 is 4.98 Å². The lowest BCUT2D eigenvalue weighted by atomic mass is 10.1. The summed E-state index contributed by atoms with van der Waals surface area (Å²) in [5, 5.41) is -1.46. The number of hydrogen-bond donors (Lipinski definition) is 2. The number of halogens is 8. The molecule has 31 heavy (non-hydrogen) atoms. The Balaban J connectivity index is 1.98. The normalized spacial score (nSPS) is 14.2. The molecule has 2 aromatic carbocycles. The van der Waals surface area contributed by atoms with Crippen molar-refractivity contribution in [2.45, 2.75) is 29.7 Å². The topological polar surface area (TPSA) is 62.0 Å². The smallest absolute Gasteiger partial charge is 0.361 e. The number of aromatic nitrogens is 1. The molecule has 0 saturated heterocycles. The molecular formula is C18H12Cl2F6N2O2S. The number of aromatic amines is 1. The van der Waals surface area contributed by atoms with E-state index in [9.17, 15) is 34.8 Å². The molecule has 2 N–H and O–H groups in total. The maximum absolute atomic E-state index is 13.6. The Hall–Kier alpha value is -1.95. The molecule has 0 spiro atoms. The molecule has 1 atom stereocenters. The van der Waals surface area contributed by atoms with E-state index in [0.717, 1.165) is 0 Å². The van der Waals surface area contributed by atoms with Crippen LogP contribution < -0.4 is 4.72 Å². The van der Waals surface area contributed by atoms with Crippen molar-refractivity contribution in [1.29, 1.82) is 0 Å². The first-order valence-corrected chi connectivity index (χ1v) is 10.6. The standard InChI is InChI=1S/C18H12Cl2F6N2O2S/c19-12-6-10(17(21,22)23)7-13(20)16(12)31(29,30)28-15(18(24,25)26)5-9-8-27-14-4-2-1-3-11(9)14/h1-4,6-8,15,27-28H,5H2. The number of sulfonamides is 1. The molecule has 0 aliphatic heterocycles. The van der Waals surface area contributed by atoms with Gasteiger partial charge in [0.25, 0.3) is 0 Å². The molecular weight excluding hydrogens is 493 g/mol. The fourth-order valence-corrected chi connectivity index (χ4v) is 5.41. The Morgan fingerprint density at radius 1 is 1.00 bits per heavy atom. The van der Waals surface area contributed by atoms with Crippen LogP contribution in [0.25, 0.3) is 10.9 Å². The van der Waals surface area contributed by atoms with Crippen LogP contribution in [0.15, 0.2) is 47.5 Å². The molecule has 3 rings (SSSR count). The van der Waals surface area contributed by atoms with E-state index in [2.05, 4.69) is 4.98 Å². The molecule has 1 unspecified atom stereocenters. The van der Waals surface area contributed by atoms with Gasteiger partial charge in [-0.05, 0) is 30.2 Å². The average molecular weight is 505 g/mol. The number of alkyl halides is 6. The summed E-state index contributed by atoms with van der Waals surface area (Å²) in [7, 11) is -5.03. The first-order chi connectivity index (χ1) is 14.2. The third-order valence-corrected chi connectivity index (χ3v) is 6.78. The average Bonchev–Trinajstić information content (AvgIpc) is 3.02. The van der Waals surface area contributed by atoms with E-state index in [1.165, 1.54) is 10.9 Å². The maximum Gasteiger partial charge on any atom is 0.416 e. The van der Waals surface area contributed by atoms with Crippen molar-refractivity contribution in [2.75, 3.05) is 0 Å². The van der Waals surface area contributed by atoms with Crippen molar-refractivity contribution in [3.8, 4) is 0 Å². The molecule has 1 aromatic heterocycles. The number of para-hydroxylation sites is 1. The molecule has 0 amide bonds. The highest BCUT2D eigenvalue weighted by Gasteiger charge is 2.43. The van der Waals surface area contributed by atoms with Crippen molar-refractivity contribution >= 4 is 44.1 Å². The molecule has 4 nitrogen and oxygen atoms in total. The Kier molecular flexibility index (Phi) is 6.27. The van der Waals surface area contributed by atoms with E-state index in [4.69, 9.17) is 23.2 Å². The number of hydrogen-bond acceptors (Lipinski definition) is 2. The predicted molar refractivity (Wildman–Crippen MR) is 104 cm³/mol. The number of nitrogens with one attached hydrogen (secondary N) is 2. The van der Waals surface area contributed by atoms with Crippen LogP contribution in [-0.2, 0) is 22.6 Å². The second-order valence-electron chi connectivity index (χ2n) is 6.55. The zero-order chi connectivity index (χ0) is 23.2. The zero-order valence-electron chi connectivity index (χ0n) is 15.1. The molecule has 168 valence electrons. The zero-order valence-corrected chi connectivity index (χ0v) is 17.4. The summed E-state index contributed by atoms with van der Waals surface area (Å²) < 4.78 is 106. The summed E-state index contributed by atoms with van der Waals surface area (Å²) in [5.41, 5.74) is -0.604. The lowest BCUT2D eigenvalue weighted by molar-refractivity contribution is -0.150. The van der Waals surface area contributed by atoms with Gasteiger partial charge >= 0.3 is 12.4 Å². The SMILES string of the molecule is O=S(=O)(NC(Cc1c[nH]c2ccccc12)C(F)(F)F)c1c(Cl)cc(C(F)(F)F)cc1Cl. The molecule has 0 radical (unpaired) electrons. The largest absolute Gasteiger partial charge is 0.416 e. The van der Waals surface area contributed by atoms with Crippen LogP contribution in [0.3, 0.4) is 0 Å². The molecule has 0 aliphatic rings. The van der Waals surface area contributed by atoms with Crippen LogP contribution in [0.1, 0.15) is 11.1 Å². The van der Waals surface area contributed by atoms with Crippen LogP contribution in [0.5, 0.6) is 0 Å². The van der Waals surface area contributed by atoms with Gasteiger partial charge in [0.1, 0.15) is 10.9 Å². The fourth-order valence-electron chi connectivity index (χ4n) is 2.97. The van der Waals surface area contributed by atoms with Crippen molar-refractivity contribution in [3.63, 3.8) is 0 Å². The van der Waals surface area contributed by atoms with Gasteiger partial charge in [-0.3, -0.25) is 0 Å². The van der Waals surface area contributed by atoms with Crippen LogP contribution in [0.4, 0.5) is 26.3 Å². The second-order valence-corrected chi connectivity index (χ2v) is 9.01. The van der Waals surface area contributed by atoms with Gasteiger partial charge in [-0.1, -0.05) is 41.4 Å². The Morgan fingerprint density at radius 2 is 1.58 bits per heavy atom. The van der Waals surface area contributed by atoms with Gasteiger partial charge in [-0.15, -0.1) is 0 Å². The lowest BCUT2D eigenvalue weighted by Crippen LogP contribution is -2.46. The Bertz CT molecular complexity index is 1200. The van der Waals surface area contributed by atoms with E-state index >= 15 is 0 Å². The van der Waals surface area contributed by atoms with Gasteiger partial charge in [0.15, 0.2) is 0 Å². The summed E-state index contributed by atoms with van der Waals surface area (Å²) in [4.78, 5) is 1.71. The van der Waals surface area contributed by atoms with Crippen LogP contribution >= 0.6 is 23.2 Å². The Labute approximate surface area is 182 Å². The van der Waals surface area contributed by atoms with Gasteiger partial charge in [0, 0.05) is 17.1 Å². The highest BCUT2D eigenvalue weighted by molar-refractivity contribution is 7.89. The predicted octanol–water partition coefficient (Wildman–Crippen LogP) is 5.95. The first-order valence-electron chi connectivity index (χ1n) is 8.40. The number of benzene rings is 2. The van der Waals surface area contributed by atoms with E-state index in [1.54, 1.807) is 24.3 Å². The van der Waals surface area contributed by atoms with Gasteiger partial charge in [-0.2, -0.15) is 31.1 Å². The van der Waals surface area contributed by atoms with E-state index < -0.39 is 55.3 Å². The molecule has 1 heterocycles. The van der Waals surface area contributed by atoms with Crippen molar-refractivity contribution in [2.24, 2.45) is 0 Å². The van der Waals surface area contributed by atoms with Gasteiger partial charge in [0.05, 0.1) is 15.6 Å². The van der Waals surface area contributed by atoms with Crippen molar-refractivity contribution in [1.82, 2.24) is 9.71 Å². The molecule has 0 fully saturated rings. The summed E-state index contributed by atoms with van der Waals surface area (Å²) in [6.45, 7) is 0. The number of fused-ring (bicyclic) bond motifs is 1. The van der Waals surface area contributed by atoms with Gasteiger partial charge in [-0.25, -0.2) is 8.42 Å². The van der Waals surface area contributed by atoms with E-state index in [1.807, 2.05) is 0 Å². The minimum Gasteiger partial charge on any atom is -0.361 e. The quantitative estimate of drug-likeness (QED) is 0.422. The first kappa shape index (κ1) is 23.7. The minimum atomic E-state index is -5.03. The van der Waals surface area contributed by atoms with Crippen molar-refractivity contribution in [3.05, 3.63) is 63.8 Å².